The van der Waals surface area contributed by atoms with E-state index in [2.05, 4.69) is 21.4 Å². The Morgan fingerprint density at radius 2 is 2.06 bits per heavy atom. The molecule has 0 aliphatic carbocycles. The van der Waals surface area contributed by atoms with Crippen LogP contribution in [-0.2, 0) is 0 Å². The lowest BCUT2D eigenvalue weighted by Crippen LogP contribution is -2.39. The van der Waals surface area contributed by atoms with Crippen LogP contribution in [0.4, 0.5) is 11.5 Å². The van der Waals surface area contributed by atoms with Crippen molar-refractivity contribution in [1.29, 1.82) is 0 Å². The van der Waals surface area contributed by atoms with Crippen molar-refractivity contribution in [3.8, 4) is 0 Å². The van der Waals surface area contributed by atoms with E-state index in [1.165, 1.54) is 0 Å². The second-order valence-corrected chi connectivity index (χ2v) is 8.53. The molecule has 5 heterocycles. The van der Waals surface area contributed by atoms with E-state index in [-0.39, 0.29) is 11.8 Å². The van der Waals surface area contributed by atoms with Gasteiger partial charge in [0.25, 0.3) is 5.91 Å². The predicted octanol–water partition coefficient (Wildman–Crippen LogP) is 4.85. The minimum Gasteiger partial charge on any atom is -0.340 e. The number of hydrogen-bond acceptors (Lipinski definition) is 5. The molecule has 4 aromatic heterocycles. The SMILES string of the molecule is Cc1cc(Nc2ccccn2)cc([C@@H]2CCCN(C(=O)c3cn4cc(Cl)ccc4n3)C2)n1. The van der Waals surface area contributed by atoms with Gasteiger partial charge in [-0.3, -0.25) is 9.78 Å². The monoisotopic (exact) mass is 446 g/mol. The Balaban J connectivity index is 1.35. The van der Waals surface area contributed by atoms with Crippen LogP contribution >= 0.6 is 11.6 Å². The summed E-state index contributed by atoms with van der Waals surface area (Å²) in [5.41, 5.74) is 4.01. The summed E-state index contributed by atoms with van der Waals surface area (Å²) in [5, 5.41) is 3.95. The van der Waals surface area contributed by atoms with Gasteiger partial charge in [-0.1, -0.05) is 17.7 Å². The molecule has 0 aromatic carbocycles. The van der Waals surface area contributed by atoms with E-state index in [1.807, 2.05) is 42.2 Å². The standard InChI is InChI=1S/C24H23ClN6O/c1-16-11-19(28-22-6-2-3-9-26-22)12-20(27-16)17-5-4-10-30(13-17)24(32)21-15-31-14-18(25)7-8-23(31)29-21/h2-3,6-9,11-12,14-15,17H,4-5,10,13H2,1H3,(H,26,27,28)/t17-/m1/s1. The number of aryl methyl sites for hydroxylation is 1. The molecule has 0 unspecified atom stereocenters. The summed E-state index contributed by atoms with van der Waals surface area (Å²) in [4.78, 5) is 28.7. The fraction of sp³-hybridized carbons (Fsp3) is 0.250. The van der Waals surface area contributed by atoms with Gasteiger partial charge in [0, 0.05) is 54.7 Å². The van der Waals surface area contributed by atoms with Crippen LogP contribution in [0.25, 0.3) is 5.65 Å². The highest BCUT2D eigenvalue weighted by molar-refractivity contribution is 6.30. The number of nitrogens with zero attached hydrogens (tertiary/aromatic N) is 5. The van der Waals surface area contributed by atoms with Crippen LogP contribution in [0.2, 0.25) is 5.02 Å². The second kappa shape index (κ2) is 8.59. The van der Waals surface area contributed by atoms with Crippen LogP contribution in [0.5, 0.6) is 0 Å². The Bertz CT molecular complexity index is 1270. The molecule has 32 heavy (non-hydrogen) atoms. The molecule has 0 bridgehead atoms. The maximum atomic E-state index is 13.2. The summed E-state index contributed by atoms with van der Waals surface area (Å²) < 4.78 is 1.79. The van der Waals surface area contributed by atoms with Gasteiger partial charge >= 0.3 is 0 Å². The third kappa shape index (κ3) is 4.29. The number of piperidine rings is 1. The van der Waals surface area contributed by atoms with E-state index in [1.54, 1.807) is 29.1 Å². The molecule has 0 saturated carbocycles. The highest BCUT2D eigenvalue weighted by Gasteiger charge is 2.28. The van der Waals surface area contributed by atoms with Gasteiger partial charge in [0.2, 0.25) is 0 Å². The molecule has 1 atom stereocenters. The van der Waals surface area contributed by atoms with Crippen LogP contribution in [-0.4, -0.2) is 43.2 Å². The van der Waals surface area contributed by atoms with Crippen LogP contribution in [0.15, 0.2) is 61.1 Å². The maximum absolute atomic E-state index is 13.2. The molecule has 1 amide bonds. The molecular formula is C24H23ClN6O. The Morgan fingerprint density at radius 3 is 2.91 bits per heavy atom. The third-order valence-corrected chi connectivity index (χ3v) is 5.90. The molecular weight excluding hydrogens is 424 g/mol. The van der Waals surface area contributed by atoms with Crippen molar-refractivity contribution in [3.63, 3.8) is 0 Å². The quantitative estimate of drug-likeness (QED) is 0.485. The van der Waals surface area contributed by atoms with Crippen molar-refractivity contribution in [3.05, 3.63) is 83.2 Å². The number of fused-ring (bicyclic) bond motifs is 1. The van der Waals surface area contributed by atoms with Gasteiger partial charge in [0.1, 0.15) is 17.2 Å². The number of aromatic nitrogens is 4. The van der Waals surface area contributed by atoms with E-state index in [0.717, 1.165) is 42.3 Å². The zero-order chi connectivity index (χ0) is 22.1. The molecule has 1 saturated heterocycles. The van der Waals surface area contributed by atoms with E-state index in [0.29, 0.717) is 22.9 Å². The van der Waals surface area contributed by atoms with Gasteiger partial charge in [-0.05, 0) is 56.2 Å². The molecule has 4 aromatic rings. The van der Waals surface area contributed by atoms with Gasteiger partial charge < -0.3 is 14.6 Å². The average molecular weight is 447 g/mol. The number of halogens is 1. The van der Waals surface area contributed by atoms with Crippen LogP contribution < -0.4 is 5.32 Å². The summed E-state index contributed by atoms with van der Waals surface area (Å²) in [6.45, 7) is 3.32. The minimum absolute atomic E-state index is 0.0611. The second-order valence-electron chi connectivity index (χ2n) is 8.09. The van der Waals surface area contributed by atoms with Crippen molar-refractivity contribution in [2.24, 2.45) is 0 Å². The Morgan fingerprint density at radius 1 is 1.16 bits per heavy atom. The zero-order valence-corrected chi connectivity index (χ0v) is 18.5. The van der Waals surface area contributed by atoms with Crippen molar-refractivity contribution in [2.75, 3.05) is 18.4 Å². The highest BCUT2D eigenvalue weighted by atomic mass is 35.5. The molecule has 1 aliphatic heterocycles. The maximum Gasteiger partial charge on any atom is 0.274 e. The minimum atomic E-state index is -0.0611. The average Bonchev–Trinajstić information content (AvgIpc) is 3.22. The summed E-state index contributed by atoms with van der Waals surface area (Å²) in [6.07, 6.45) is 7.17. The zero-order valence-electron chi connectivity index (χ0n) is 17.7. The molecule has 1 fully saturated rings. The lowest BCUT2D eigenvalue weighted by molar-refractivity contribution is 0.0700. The molecule has 0 spiro atoms. The molecule has 7 nitrogen and oxygen atoms in total. The number of likely N-dealkylation sites (tertiary alicyclic amines) is 1. The van der Waals surface area contributed by atoms with Gasteiger partial charge in [-0.25, -0.2) is 9.97 Å². The van der Waals surface area contributed by atoms with Crippen molar-refractivity contribution in [2.45, 2.75) is 25.7 Å². The number of amides is 1. The first kappa shape index (κ1) is 20.5. The summed E-state index contributed by atoms with van der Waals surface area (Å²) >= 11 is 6.06. The number of nitrogens with one attached hydrogen (secondary N) is 1. The first-order chi connectivity index (χ1) is 15.5. The molecule has 162 valence electrons. The van der Waals surface area contributed by atoms with Gasteiger partial charge in [0.15, 0.2) is 0 Å². The fourth-order valence-corrected chi connectivity index (χ4v) is 4.36. The van der Waals surface area contributed by atoms with E-state index < -0.39 is 0 Å². The van der Waals surface area contributed by atoms with E-state index in [4.69, 9.17) is 16.6 Å². The van der Waals surface area contributed by atoms with Crippen molar-refractivity contribution in [1.82, 2.24) is 24.3 Å². The van der Waals surface area contributed by atoms with Gasteiger partial charge in [-0.2, -0.15) is 0 Å². The molecule has 8 heteroatoms. The normalized spacial score (nSPS) is 16.3. The van der Waals surface area contributed by atoms with Crippen LogP contribution in [0.1, 0.15) is 40.6 Å². The number of carbonyl (C=O) groups excluding carboxylic acids is 1. The first-order valence-electron chi connectivity index (χ1n) is 10.7. The largest absolute Gasteiger partial charge is 0.340 e. The molecule has 1 aliphatic rings. The van der Waals surface area contributed by atoms with Gasteiger partial charge in [-0.15, -0.1) is 0 Å². The van der Waals surface area contributed by atoms with E-state index in [9.17, 15) is 4.79 Å². The first-order valence-corrected chi connectivity index (χ1v) is 11.0. The number of anilines is 2. The summed E-state index contributed by atoms with van der Waals surface area (Å²) in [5.74, 6) is 0.897. The summed E-state index contributed by atoms with van der Waals surface area (Å²) in [7, 11) is 0. The Hall–Kier alpha value is -3.45. The number of hydrogen-bond donors (Lipinski definition) is 1. The summed E-state index contributed by atoms with van der Waals surface area (Å²) in [6, 6.07) is 13.4. The number of imidazole rings is 1. The topological polar surface area (TPSA) is 75.4 Å². The third-order valence-electron chi connectivity index (χ3n) is 5.67. The van der Waals surface area contributed by atoms with Crippen LogP contribution in [0, 0.1) is 6.92 Å². The van der Waals surface area contributed by atoms with E-state index >= 15 is 0 Å². The predicted molar refractivity (Wildman–Crippen MR) is 125 cm³/mol. The molecule has 0 radical (unpaired) electrons. The lowest BCUT2D eigenvalue weighted by Gasteiger charge is -2.32. The molecule has 1 N–H and O–H groups in total. The molecule has 5 rings (SSSR count). The smallest absolute Gasteiger partial charge is 0.274 e. The lowest BCUT2D eigenvalue weighted by atomic mass is 9.93. The highest BCUT2D eigenvalue weighted by Crippen LogP contribution is 2.29. The number of carbonyl (C=O) groups is 1. The van der Waals surface area contributed by atoms with Crippen LogP contribution in [0.3, 0.4) is 0 Å². The number of rotatable bonds is 4. The Labute approximate surface area is 191 Å². The van der Waals surface area contributed by atoms with Crippen molar-refractivity contribution < 1.29 is 4.79 Å². The number of pyridine rings is 3. The van der Waals surface area contributed by atoms with Gasteiger partial charge in [0.05, 0.1) is 5.02 Å². The van der Waals surface area contributed by atoms with Crippen molar-refractivity contribution >= 4 is 34.7 Å². The fourth-order valence-electron chi connectivity index (χ4n) is 4.19. The Kier molecular flexibility index (Phi) is 5.49.